The Morgan fingerprint density at radius 1 is 1.31 bits per heavy atom. The quantitative estimate of drug-likeness (QED) is 0.295. The number of nitrogens with one attached hydrogen (secondary N) is 2. The van der Waals surface area contributed by atoms with Crippen molar-refractivity contribution in [2.24, 2.45) is 0 Å². The molecule has 0 amide bonds. The van der Waals surface area contributed by atoms with E-state index in [1.165, 1.54) is 0 Å². The second kappa shape index (κ2) is 7.87. The van der Waals surface area contributed by atoms with Gasteiger partial charge in [0.1, 0.15) is 11.3 Å². The van der Waals surface area contributed by atoms with Gasteiger partial charge in [-0.3, -0.25) is 10.5 Å². The SMILES string of the molecule is C=C(C)C(=O)OCCc1cc(Nn2[nH]c3ccc(Cl)cc32)c(O)c(C(C)(C)C)c1. The Kier molecular flexibility index (Phi) is 5.66. The maximum atomic E-state index is 11.6. The van der Waals surface area contributed by atoms with Crippen LogP contribution in [-0.4, -0.2) is 27.6 Å². The van der Waals surface area contributed by atoms with Crippen LogP contribution in [0.2, 0.25) is 5.02 Å². The Bertz CT molecular complexity index is 1070. The summed E-state index contributed by atoms with van der Waals surface area (Å²) >= 11 is 6.09. The number of carbonyl (C=O) groups is 1. The first-order valence-corrected chi connectivity index (χ1v) is 9.76. The number of benzene rings is 2. The van der Waals surface area contributed by atoms with Gasteiger partial charge in [-0.05, 0) is 42.2 Å². The molecule has 3 rings (SSSR count). The number of halogens is 1. The van der Waals surface area contributed by atoms with Crippen LogP contribution in [0, 0.1) is 0 Å². The molecule has 0 unspecified atom stereocenters. The molecule has 0 bridgehead atoms. The Balaban J connectivity index is 1.89. The van der Waals surface area contributed by atoms with Crippen molar-refractivity contribution < 1.29 is 14.6 Å². The standard InChI is InChI=1S/C22H26ClN3O3/c1-13(2)21(28)29-9-8-14-10-16(22(3,4)5)20(27)18(11-14)25-26-19-12-15(23)6-7-17(19)24-26/h6-7,10-12,24-25,27H,1,8-9H2,2-5H3. The molecule has 0 atom stereocenters. The summed E-state index contributed by atoms with van der Waals surface area (Å²) in [6.07, 6.45) is 0.521. The summed E-state index contributed by atoms with van der Waals surface area (Å²) in [5, 5.41) is 14.6. The van der Waals surface area contributed by atoms with Gasteiger partial charge in [0.25, 0.3) is 0 Å². The van der Waals surface area contributed by atoms with Crippen LogP contribution in [0.1, 0.15) is 38.8 Å². The zero-order valence-electron chi connectivity index (χ0n) is 17.1. The minimum atomic E-state index is -0.406. The molecule has 0 spiro atoms. The average molecular weight is 416 g/mol. The number of phenolic OH excluding ortho intramolecular Hbond substituents is 1. The number of carbonyl (C=O) groups excluding carboxylic acids is 1. The zero-order valence-corrected chi connectivity index (χ0v) is 17.9. The number of hydrogen-bond acceptors (Lipinski definition) is 4. The van der Waals surface area contributed by atoms with E-state index in [4.69, 9.17) is 16.3 Å². The van der Waals surface area contributed by atoms with E-state index >= 15 is 0 Å². The van der Waals surface area contributed by atoms with Crippen LogP contribution in [-0.2, 0) is 21.4 Å². The monoisotopic (exact) mass is 415 g/mol. The fraction of sp³-hybridized carbons (Fsp3) is 0.318. The first kappa shape index (κ1) is 20.9. The van der Waals surface area contributed by atoms with Crippen molar-refractivity contribution in [1.29, 1.82) is 0 Å². The number of nitrogens with zero attached hydrogens (tertiary/aromatic N) is 1. The number of phenols is 1. The van der Waals surface area contributed by atoms with Crippen LogP contribution in [0.4, 0.5) is 5.69 Å². The lowest BCUT2D eigenvalue weighted by atomic mass is 9.84. The molecule has 29 heavy (non-hydrogen) atoms. The van der Waals surface area contributed by atoms with Crippen LogP contribution in [0.25, 0.3) is 11.0 Å². The maximum absolute atomic E-state index is 11.6. The molecule has 3 aromatic rings. The van der Waals surface area contributed by atoms with Crippen molar-refractivity contribution in [3.05, 3.63) is 58.6 Å². The first-order valence-electron chi connectivity index (χ1n) is 9.38. The summed E-state index contributed by atoms with van der Waals surface area (Å²) in [4.78, 5) is 13.3. The second-order valence-corrected chi connectivity index (χ2v) is 8.61. The number of rotatable bonds is 6. The van der Waals surface area contributed by atoms with Crippen LogP contribution in [0.5, 0.6) is 5.75 Å². The number of aromatic nitrogens is 2. The van der Waals surface area contributed by atoms with E-state index in [1.54, 1.807) is 11.7 Å². The number of ether oxygens (including phenoxy) is 1. The van der Waals surface area contributed by atoms with Crippen LogP contribution >= 0.6 is 11.6 Å². The minimum absolute atomic E-state index is 0.178. The smallest absolute Gasteiger partial charge is 0.333 e. The van der Waals surface area contributed by atoms with Gasteiger partial charge in [0, 0.05) is 22.6 Å². The number of aromatic hydroxyl groups is 1. The molecule has 0 saturated heterocycles. The predicted octanol–water partition coefficient (Wildman–Crippen LogP) is 5.16. The van der Waals surface area contributed by atoms with Gasteiger partial charge >= 0.3 is 5.97 Å². The van der Waals surface area contributed by atoms with Crippen molar-refractivity contribution in [2.75, 3.05) is 12.0 Å². The molecule has 0 aliphatic carbocycles. The van der Waals surface area contributed by atoms with E-state index in [0.29, 0.717) is 22.7 Å². The van der Waals surface area contributed by atoms with Crippen molar-refractivity contribution >= 4 is 34.3 Å². The van der Waals surface area contributed by atoms with Crippen LogP contribution in [0.15, 0.2) is 42.5 Å². The molecule has 0 aliphatic rings. The summed E-state index contributed by atoms with van der Waals surface area (Å²) in [5.74, 6) is -0.228. The minimum Gasteiger partial charge on any atom is -0.505 e. The molecule has 0 fully saturated rings. The highest BCUT2D eigenvalue weighted by Crippen LogP contribution is 2.38. The molecule has 154 valence electrons. The third-order valence-electron chi connectivity index (χ3n) is 4.62. The number of H-pyrrole nitrogens is 1. The van der Waals surface area contributed by atoms with Gasteiger partial charge in [0.05, 0.1) is 17.8 Å². The third-order valence-corrected chi connectivity index (χ3v) is 4.85. The Labute approximate surface area is 175 Å². The van der Waals surface area contributed by atoms with Gasteiger partial charge in [-0.25, -0.2) is 4.79 Å². The summed E-state index contributed by atoms with van der Waals surface area (Å²) in [6, 6.07) is 9.34. The molecular formula is C22H26ClN3O3. The highest BCUT2D eigenvalue weighted by atomic mass is 35.5. The lowest BCUT2D eigenvalue weighted by Gasteiger charge is -2.25. The number of hydrogen-bond donors (Lipinski definition) is 3. The van der Waals surface area contributed by atoms with Gasteiger partial charge in [-0.2, -0.15) is 4.79 Å². The van der Waals surface area contributed by atoms with E-state index in [-0.39, 0.29) is 17.8 Å². The molecule has 7 heteroatoms. The summed E-state index contributed by atoms with van der Waals surface area (Å²) < 4.78 is 5.22. The number of fused-ring (bicyclic) bond motifs is 1. The second-order valence-electron chi connectivity index (χ2n) is 8.18. The van der Waals surface area contributed by atoms with E-state index in [0.717, 1.165) is 22.2 Å². The predicted molar refractivity (Wildman–Crippen MR) is 117 cm³/mol. The Hall–Kier alpha value is -2.86. The van der Waals surface area contributed by atoms with Gasteiger partial charge in [-0.1, -0.05) is 45.0 Å². The largest absolute Gasteiger partial charge is 0.505 e. The van der Waals surface area contributed by atoms with Gasteiger partial charge in [0.2, 0.25) is 0 Å². The van der Waals surface area contributed by atoms with Crippen molar-refractivity contribution in [3.63, 3.8) is 0 Å². The topological polar surface area (TPSA) is 79.3 Å². The lowest BCUT2D eigenvalue weighted by molar-refractivity contribution is -0.138. The number of aromatic amines is 1. The lowest BCUT2D eigenvalue weighted by Crippen LogP contribution is -2.20. The first-order chi connectivity index (χ1) is 13.6. The highest BCUT2D eigenvalue weighted by Gasteiger charge is 2.22. The molecule has 0 radical (unpaired) electrons. The fourth-order valence-electron chi connectivity index (χ4n) is 3.00. The molecule has 0 saturated carbocycles. The van der Waals surface area contributed by atoms with Gasteiger partial charge < -0.3 is 9.84 Å². The van der Waals surface area contributed by atoms with E-state index in [9.17, 15) is 9.90 Å². The highest BCUT2D eigenvalue weighted by molar-refractivity contribution is 6.31. The summed E-state index contributed by atoms with van der Waals surface area (Å²) in [5.41, 5.74) is 7.42. The van der Waals surface area contributed by atoms with Crippen molar-refractivity contribution in [3.8, 4) is 5.75 Å². The maximum Gasteiger partial charge on any atom is 0.333 e. The molecule has 1 aromatic heterocycles. The molecule has 0 aliphatic heterocycles. The summed E-state index contributed by atoms with van der Waals surface area (Å²) in [6.45, 7) is 11.5. The number of esters is 1. The van der Waals surface area contributed by atoms with Crippen molar-refractivity contribution in [1.82, 2.24) is 9.89 Å². The van der Waals surface area contributed by atoms with Crippen LogP contribution < -0.4 is 5.43 Å². The third kappa shape index (κ3) is 4.59. The van der Waals surface area contributed by atoms with E-state index in [2.05, 4.69) is 17.1 Å². The Morgan fingerprint density at radius 2 is 2.03 bits per heavy atom. The van der Waals surface area contributed by atoms with Gasteiger partial charge in [0.15, 0.2) is 0 Å². The zero-order chi connectivity index (χ0) is 21.3. The molecule has 6 nitrogen and oxygen atoms in total. The summed E-state index contributed by atoms with van der Waals surface area (Å²) in [7, 11) is 0. The van der Waals surface area contributed by atoms with Crippen molar-refractivity contribution in [2.45, 2.75) is 39.5 Å². The number of anilines is 1. The van der Waals surface area contributed by atoms with Gasteiger partial charge in [-0.15, -0.1) is 0 Å². The normalized spacial score (nSPS) is 11.6. The Morgan fingerprint density at radius 3 is 2.69 bits per heavy atom. The van der Waals surface area contributed by atoms with Crippen LogP contribution in [0.3, 0.4) is 0 Å². The molecule has 3 N–H and O–H groups in total. The average Bonchev–Trinajstić information content (AvgIpc) is 2.62. The van der Waals surface area contributed by atoms with E-state index < -0.39 is 5.97 Å². The van der Waals surface area contributed by atoms with E-state index in [1.807, 2.05) is 51.1 Å². The fourth-order valence-corrected chi connectivity index (χ4v) is 3.17. The molecular weight excluding hydrogens is 390 g/mol. The molecule has 1 heterocycles. The molecule has 2 aromatic carbocycles.